The summed E-state index contributed by atoms with van der Waals surface area (Å²) in [5.74, 6) is -0.529. The van der Waals surface area contributed by atoms with Crippen molar-refractivity contribution in [3.8, 4) is 17.8 Å². The molecular weight excluding hydrogens is 475 g/mol. The van der Waals surface area contributed by atoms with Crippen molar-refractivity contribution < 1.29 is 4.79 Å². The van der Waals surface area contributed by atoms with E-state index < -0.39 is 5.91 Å². The maximum absolute atomic E-state index is 13.0. The standard InChI is InChI=1S/C25H20Cl2N4OS/c1-14-10-16(15(2)31(14)21-8-5-7-20(26)23(21)27)11-17(12-28)24(32)30-25-19(13-29)18-6-3-4-9-22(18)33-25/h5,7-8,10-11H,3-4,6,9H2,1-2H3,(H,30,32)/b17-11+. The summed E-state index contributed by atoms with van der Waals surface area (Å²) in [6, 6.07) is 11.5. The molecule has 0 saturated carbocycles. The van der Waals surface area contributed by atoms with Gasteiger partial charge in [-0.25, -0.2) is 0 Å². The van der Waals surface area contributed by atoms with Gasteiger partial charge in [0.2, 0.25) is 0 Å². The van der Waals surface area contributed by atoms with E-state index in [2.05, 4.69) is 11.4 Å². The van der Waals surface area contributed by atoms with Gasteiger partial charge in [0.1, 0.15) is 22.7 Å². The van der Waals surface area contributed by atoms with Crippen LogP contribution in [0.1, 0.15) is 45.8 Å². The highest BCUT2D eigenvalue weighted by Crippen LogP contribution is 2.38. The molecule has 1 aliphatic carbocycles. The number of rotatable bonds is 4. The molecule has 2 heterocycles. The molecule has 0 aliphatic heterocycles. The molecule has 4 rings (SSSR count). The van der Waals surface area contributed by atoms with Gasteiger partial charge in [-0.3, -0.25) is 4.79 Å². The fourth-order valence-electron chi connectivity index (χ4n) is 4.22. The van der Waals surface area contributed by atoms with Crippen molar-refractivity contribution in [2.75, 3.05) is 5.32 Å². The lowest BCUT2D eigenvalue weighted by Crippen LogP contribution is -2.13. The summed E-state index contributed by atoms with van der Waals surface area (Å²) in [5.41, 5.74) is 4.68. The molecule has 1 amide bonds. The topological polar surface area (TPSA) is 81.6 Å². The Labute approximate surface area is 206 Å². The van der Waals surface area contributed by atoms with Crippen molar-refractivity contribution in [1.29, 1.82) is 10.5 Å². The van der Waals surface area contributed by atoms with Gasteiger partial charge in [0, 0.05) is 16.3 Å². The Balaban J connectivity index is 1.68. The van der Waals surface area contributed by atoms with E-state index in [0.29, 0.717) is 20.6 Å². The number of carbonyl (C=O) groups is 1. The third-order valence-corrected chi connectivity index (χ3v) is 7.83. The third kappa shape index (κ3) is 4.30. The van der Waals surface area contributed by atoms with Crippen LogP contribution >= 0.6 is 34.5 Å². The van der Waals surface area contributed by atoms with Gasteiger partial charge in [-0.2, -0.15) is 10.5 Å². The summed E-state index contributed by atoms with van der Waals surface area (Å²) >= 11 is 14.0. The predicted octanol–water partition coefficient (Wildman–Crippen LogP) is 6.76. The minimum absolute atomic E-state index is 0.0392. The molecule has 166 valence electrons. The summed E-state index contributed by atoms with van der Waals surface area (Å²) in [7, 11) is 0. The Morgan fingerprint density at radius 2 is 1.97 bits per heavy atom. The van der Waals surface area contributed by atoms with E-state index in [1.54, 1.807) is 12.1 Å². The molecule has 0 unspecified atom stereocenters. The molecule has 0 spiro atoms. The SMILES string of the molecule is Cc1cc(/C=C(\C#N)C(=O)Nc2sc3c(c2C#N)CCCC3)c(C)n1-c1cccc(Cl)c1Cl. The van der Waals surface area contributed by atoms with Crippen LogP contribution in [0.2, 0.25) is 10.0 Å². The van der Waals surface area contributed by atoms with Crippen molar-refractivity contribution in [3.63, 3.8) is 0 Å². The van der Waals surface area contributed by atoms with Gasteiger partial charge >= 0.3 is 0 Å². The quantitative estimate of drug-likeness (QED) is 0.321. The lowest BCUT2D eigenvalue weighted by Gasteiger charge is -2.12. The molecule has 0 fully saturated rings. The van der Waals surface area contributed by atoms with Gasteiger partial charge in [0.15, 0.2) is 0 Å². The summed E-state index contributed by atoms with van der Waals surface area (Å²) < 4.78 is 1.94. The zero-order valence-corrected chi connectivity index (χ0v) is 20.5. The summed E-state index contributed by atoms with van der Waals surface area (Å²) in [6.45, 7) is 3.81. The van der Waals surface area contributed by atoms with Crippen molar-refractivity contribution in [2.24, 2.45) is 0 Å². The van der Waals surface area contributed by atoms with Crippen molar-refractivity contribution in [3.05, 3.63) is 72.8 Å². The van der Waals surface area contributed by atoms with E-state index in [9.17, 15) is 15.3 Å². The van der Waals surface area contributed by atoms with Gasteiger partial charge in [-0.05, 0) is 74.9 Å². The van der Waals surface area contributed by atoms with Crippen LogP contribution in [0.25, 0.3) is 11.8 Å². The number of halogens is 2. The number of nitrogens with zero attached hydrogens (tertiary/aromatic N) is 3. The number of fused-ring (bicyclic) bond motifs is 1. The fraction of sp³-hybridized carbons (Fsp3) is 0.240. The number of hydrogen-bond donors (Lipinski definition) is 1. The largest absolute Gasteiger partial charge is 0.316 e. The monoisotopic (exact) mass is 494 g/mol. The van der Waals surface area contributed by atoms with Gasteiger partial charge in [0.05, 0.1) is 21.3 Å². The minimum Gasteiger partial charge on any atom is -0.316 e. The average molecular weight is 495 g/mol. The number of benzene rings is 1. The van der Waals surface area contributed by atoms with Crippen molar-refractivity contribution in [1.82, 2.24) is 4.57 Å². The van der Waals surface area contributed by atoms with Crippen molar-refractivity contribution in [2.45, 2.75) is 39.5 Å². The highest BCUT2D eigenvalue weighted by molar-refractivity contribution is 7.16. The number of hydrogen-bond acceptors (Lipinski definition) is 4. The molecule has 0 saturated heterocycles. The summed E-state index contributed by atoms with van der Waals surface area (Å²) in [6.07, 6.45) is 5.46. The molecule has 1 N–H and O–H groups in total. The first-order chi connectivity index (χ1) is 15.8. The Morgan fingerprint density at radius 3 is 2.70 bits per heavy atom. The Kier molecular flexibility index (Phi) is 6.63. The maximum Gasteiger partial charge on any atom is 0.266 e. The summed E-state index contributed by atoms with van der Waals surface area (Å²) in [4.78, 5) is 14.1. The molecule has 2 aromatic heterocycles. The van der Waals surface area contributed by atoms with Crippen LogP contribution in [0.3, 0.4) is 0 Å². The number of aromatic nitrogens is 1. The fourth-order valence-corrected chi connectivity index (χ4v) is 5.83. The maximum atomic E-state index is 13.0. The number of anilines is 1. The van der Waals surface area contributed by atoms with Gasteiger partial charge < -0.3 is 9.88 Å². The van der Waals surface area contributed by atoms with E-state index in [1.165, 1.54) is 11.3 Å². The second-order valence-electron chi connectivity index (χ2n) is 7.89. The Morgan fingerprint density at radius 1 is 1.21 bits per heavy atom. The molecule has 0 radical (unpaired) electrons. The number of thiophene rings is 1. The highest BCUT2D eigenvalue weighted by Gasteiger charge is 2.23. The normalized spacial score (nSPS) is 13.2. The molecule has 8 heteroatoms. The number of carbonyl (C=O) groups excluding carboxylic acids is 1. The predicted molar refractivity (Wildman–Crippen MR) is 133 cm³/mol. The average Bonchev–Trinajstić information content (AvgIpc) is 3.29. The zero-order valence-electron chi connectivity index (χ0n) is 18.1. The Hall–Kier alpha value is -3.03. The number of nitrogens with one attached hydrogen (secondary N) is 1. The van der Waals surface area contributed by atoms with Crippen LogP contribution < -0.4 is 5.32 Å². The minimum atomic E-state index is -0.529. The van der Waals surface area contributed by atoms with Crippen LogP contribution in [0, 0.1) is 36.5 Å². The van der Waals surface area contributed by atoms with E-state index in [4.69, 9.17) is 23.2 Å². The molecule has 0 bridgehead atoms. The first-order valence-corrected chi connectivity index (χ1v) is 12.0. The molecule has 1 aliphatic rings. The van der Waals surface area contributed by atoms with Crippen LogP contribution in [0.15, 0.2) is 29.8 Å². The number of amides is 1. The number of nitriles is 2. The number of aryl methyl sites for hydroxylation is 2. The molecule has 3 aromatic rings. The van der Waals surface area contributed by atoms with Gasteiger partial charge in [-0.15, -0.1) is 11.3 Å². The van der Waals surface area contributed by atoms with E-state index in [0.717, 1.165) is 58.8 Å². The second-order valence-corrected chi connectivity index (χ2v) is 9.78. The molecule has 1 aromatic carbocycles. The van der Waals surface area contributed by atoms with Crippen LogP contribution in [0.5, 0.6) is 0 Å². The first kappa shape index (κ1) is 23.1. The van der Waals surface area contributed by atoms with E-state index in [-0.39, 0.29) is 5.57 Å². The highest BCUT2D eigenvalue weighted by atomic mass is 35.5. The van der Waals surface area contributed by atoms with Gasteiger partial charge in [0.25, 0.3) is 5.91 Å². The smallest absolute Gasteiger partial charge is 0.266 e. The van der Waals surface area contributed by atoms with Crippen LogP contribution in [-0.4, -0.2) is 10.5 Å². The molecule has 5 nitrogen and oxygen atoms in total. The third-order valence-electron chi connectivity index (χ3n) is 5.82. The van der Waals surface area contributed by atoms with E-state index >= 15 is 0 Å². The lowest BCUT2D eigenvalue weighted by molar-refractivity contribution is -0.112. The van der Waals surface area contributed by atoms with E-state index in [1.807, 2.05) is 42.7 Å². The molecule has 0 atom stereocenters. The second kappa shape index (κ2) is 9.45. The Bertz CT molecular complexity index is 1380. The van der Waals surface area contributed by atoms with Crippen molar-refractivity contribution >= 4 is 51.5 Å². The molecular formula is C25H20Cl2N4OS. The van der Waals surface area contributed by atoms with Crippen LogP contribution in [-0.2, 0) is 17.6 Å². The molecule has 33 heavy (non-hydrogen) atoms. The van der Waals surface area contributed by atoms with Crippen LogP contribution in [0.4, 0.5) is 5.00 Å². The summed E-state index contributed by atoms with van der Waals surface area (Å²) in [5, 5.41) is 23.5. The zero-order chi connectivity index (χ0) is 23.7. The van der Waals surface area contributed by atoms with Gasteiger partial charge in [-0.1, -0.05) is 29.3 Å². The first-order valence-electron chi connectivity index (χ1n) is 10.5. The lowest BCUT2D eigenvalue weighted by atomic mass is 9.96.